The summed E-state index contributed by atoms with van der Waals surface area (Å²) >= 11 is 0. The lowest BCUT2D eigenvalue weighted by Crippen LogP contribution is -2.65. The average molecular weight is 303 g/mol. The molecule has 3 atom stereocenters. The Morgan fingerprint density at radius 3 is 3.05 bits per heavy atom. The molecule has 2 aliphatic rings. The number of nitrogens with zero attached hydrogens (tertiary/aromatic N) is 3. The molecule has 1 aliphatic heterocycles. The molecule has 2 aromatic rings. The van der Waals surface area contributed by atoms with Crippen molar-refractivity contribution in [2.75, 3.05) is 13.7 Å². The van der Waals surface area contributed by atoms with Crippen LogP contribution in [0.3, 0.4) is 0 Å². The van der Waals surface area contributed by atoms with Crippen LogP contribution in [0.2, 0.25) is 0 Å². The summed E-state index contributed by atoms with van der Waals surface area (Å²) in [6.07, 6.45) is 4.76. The van der Waals surface area contributed by atoms with Gasteiger partial charge in [-0.1, -0.05) is 19.0 Å². The Morgan fingerprint density at radius 2 is 2.27 bits per heavy atom. The lowest BCUT2D eigenvalue weighted by Gasteiger charge is -2.57. The van der Waals surface area contributed by atoms with Gasteiger partial charge in [-0.2, -0.15) is 4.98 Å². The minimum Gasteiger partial charge on any atom is -0.472 e. The van der Waals surface area contributed by atoms with Crippen LogP contribution in [-0.4, -0.2) is 40.8 Å². The van der Waals surface area contributed by atoms with E-state index < -0.39 is 0 Å². The van der Waals surface area contributed by atoms with Crippen molar-refractivity contribution in [3.8, 4) is 11.4 Å². The van der Waals surface area contributed by atoms with Crippen molar-refractivity contribution >= 4 is 0 Å². The van der Waals surface area contributed by atoms with Crippen LogP contribution < -0.4 is 0 Å². The smallest absolute Gasteiger partial charge is 0.241 e. The largest absolute Gasteiger partial charge is 0.472 e. The third kappa shape index (κ3) is 2.01. The molecule has 118 valence electrons. The van der Waals surface area contributed by atoms with Gasteiger partial charge in [0.25, 0.3) is 0 Å². The Kier molecular flexibility index (Phi) is 3.13. The molecule has 0 aromatic carbocycles. The van der Waals surface area contributed by atoms with Crippen LogP contribution in [0.4, 0.5) is 0 Å². The Labute approximate surface area is 129 Å². The molecule has 0 spiro atoms. The van der Waals surface area contributed by atoms with E-state index in [1.165, 1.54) is 0 Å². The molecular formula is C16H21N3O3. The summed E-state index contributed by atoms with van der Waals surface area (Å²) in [5.41, 5.74) is 1.01. The number of furan rings is 1. The zero-order chi connectivity index (χ0) is 15.3. The Bertz CT molecular complexity index is 649. The Hall–Kier alpha value is -1.66. The van der Waals surface area contributed by atoms with Crippen LogP contribution in [0.1, 0.15) is 26.2 Å². The highest BCUT2D eigenvalue weighted by Gasteiger charge is 2.60. The first-order chi connectivity index (χ1) is 10.6. The van der Waals surface area contributed by atoms with Gasteiger partial charge in [0.15, 0.2) is 0 Å². The van der Waals surface area contributed by atoms with E-state index in [1.807, 2.05) is 6.07 Å². The fourth-order valence-corrected chi connectivity index (χ4v) is 4.33. The maximum absolute atomic E-state index is 5.86. The summed E-state index contributed by atoms with van der Waals surface area (Å²) in [6.45, 7) is 6.10. The summed E-state index contributed by atoms with van der Waals surface area (Å²) in [4.78, 5) is 6.78. The molecule has 0 radical (unpaired) electrons. The first-order valence-corrected chi connectivity index (χ1v) is 7.74. The van der Waals surface area contributed by atoms with E-state index in [0.717, 1.165) is 18.6 Å². The highest BCUT2D eigenvalue weighted by Crippen LogP contribution is 2.54. The Morgan fingerprint density at radius 1 is 1.41 bits per heavy atom. The van der Waals surface area contributed by atoms with Gasteiger partial charge in [-0.15, -0.1) is 0 Å². The predicted molar refractivity (Wildman–Crippen MR) is 78.9 cm³/mol. The molecular weight excluding hydrogens is 282 g/mol. The van der Waals surface area contributed by atoms with Gasteiger partial charge < -0.3 is 13.7 Å². The molecule has 1 aliphatic carbocycles. The molecule has 6 nitrogen and oxygen atoms in total. The van der Waals surface area contributed by atoms with Gasteiger partial charge in [0, 0.05) is 24.0 Å². The summed E-state index contributed by atoms with van der Waals surface area (Å²) < 4.78 is 16.3. The molecule has 3 heterocycles. The van der Waals surface area contributed by atoms with Crippen molar-refractivity contribution in [3.05, 3.63) is 24.5 Å². The molecule has 6 heteroatoms. The number of rotatable bonds is 4. The van der Waals surface area contributed by atoms with Gasteiger partial charge in [-0.3, -0.25) is 4.90 Å². The number of hydrogen-bond acceptors (Lipinski definition) is 6. The summed E-state index contributed by atoms with van der Waals surface area (Å²) in [6, 6.07) is 2.32. The zero-order valence-electron chi connectivity index (χ0n) is 13.2. The van der Waals surface area contributed by atoms with E-state index in [-0.39, 0.29) is 5.41 Å². The lowest BCUT2D eigenvalue weighted by molar-refractivity contribution is -0.152. The second-order valence-electron chi connectivity index (χ2n) is 6.95. The molecule has 0 bridgehead atoms. The SMILES string of the molecule is CN(Cc1nc(-c2ccoc2)no1)C1C2CCOC2C1(C)C. The first kappa shape index (κ1) is 14.0. The summed E-state index contributed by atoms with van der Waals surface area (Å²) in [5.74, 6) is 1.83. The van der Waals surface area contributed by atoms with Crippen LogP contribution in [0.5, 0.6) is 0 Å². The maximum Gasteiger partial charge on any atom is 0.241 e. The molecule has 1 saturated carbocycles. The third-order valence-corrected chi connectivity index (χ3v) is 5.15. The molecule has 3 unspecified atom stereocenters. The lowest BCUT2D eigenvalue weighted by atomic mass is 9.57. The summed E-state index contributed by atoms with van der Waals surface area (Å²) in [7, 11) is 2.13. The topological polar surface area (TPSA) is 64.5 Å². The minimum atomic E-state index is 0.170. The van der Waals surface area contributed by atoms with E-state index in [0.29, 0.717) is 36.3 Å². The monoisotopic (exact) mass is 303 g/mol. The number of aromatic nitrogens is 2. The second-order valence-corrected chi connectivity index (χ2v) is 6.95. The van der Waals surface area contributed by atoms with Crippen LogP contribution in [0, 0.1) is 11.3 Å². The minimum absolute atomic E-state index is 0.170. The highest BCUT2D eigenvalue weighted by molar-refractivity contribution is 5.51. The van der Waals surface area contributed by atoms with E-state index >= 15 is 0 Å². The third-order valence-electron chi connectivity index (χ3n) is 5.15. The average Bonchev–Trinajstić information content (AvgIpc) is 3.17. The van der Waals surface area contributed by atoms with E-state index in [1.54, 1.807) is 12.5 Å². The van der Waals surface area contributed by atoms with Gasteiger partial charge in [0.1, 0.15) is 6.26 Å². The molecule has 22 heavy (non-hydrogen) atoms. The van der Waals surface area contributed by atoms with Crippen molar-refractivity contribution in [2.24, 2.45) is 11.3 Å². The number of ether oxygens (including phenoxy) is 1. The van der Waals surface area contributed by atoms with Crippen LogP contribution in [0.25, 0.3) is 11.4 Å². The van der Waals surface area contributed by atoms with Crippen LogP contribution >= 0.6 is 0 Å². The molecule has 0 amide bonds. The standard InChI is InChI=1S/C16H21N3O3/c1-16(2)13(11-5-7-21-14(11)16)19(3)8-12-17-15(18-22-12)10-4-6-20-9-10/h4,6,9,11,13-14H,5,7-8H2,1-3H3. The van der Waals surface area contributed by atoms with E-state index in [2.05, 4.69) is 35.9 Å². The quantitative estimate of drug-likeness (QED) is 0.865. The first-order valence-electron chi connectivity index (χ1n) is 7.74. The van der Waals surface area contributed by atoms with Crippen molar-refractivity contribution in [1.29, 1.82) is 0 Å². The van der Waals surface area contributed by atoms with Crippen LogP contribution in [0.15, 0.2) is 27.5 Å². The molecule has 2 aromatic heterocycles. The van der Waals surface area contributed by atoms with Crippen molar-refractivity contribution < 1.29 is 13.7 Å². The normalized spacial score (nSPS) is 29.5. The van der Waals surface area contributed by atoms with Crippen molar-refractivity contribution in [1.82, 2.24) is 15.0 Å². The molecule has 0 N–H and O–H groups in total. The fraction of sp³-hybridized carbons (Fsp3) is 0.625. The van der Waals surface area contributed by atoms with E-state index in [4.69, 9.17) is 13.7 Å². The zero-order valence-corrected chi connectivity index (χ0v) is 13.2. The molecule has 4 rings (SSSR count). The van der Waals surface area contributed by atoms with Crippen molar-refractivity contribution in [2.45, 2.75) is 39.0 Å². The number of fused-ring (bicyclic) bond motifs is 1. The number of hydrogen-bond donors (Lipinski definition) is 0. The van der Waals surface area contributed by atoms with Crippen LogP contribution in [-0.2, 0) is 11.3 Å². The Balaban J connectivity index is 1.47. The predicted octanol–water partition coefficient (Wildman–Crippen LogP) is 2.57. The van der Waals surface area contributed by atoms with Gasteiger partial charge in [-0.25, -0.2) is 0 Å². The van der Waals surface area contributed by atoms with Gasteiger partial charge in [-0.05, 0) is 19.5 Å². The van der Waals surface area contributed by atoms with Gasteiger partial charge in [0.05, 0.1) is 24.5 Å². The highest BCUT2D eigenvalue weighted by atomic mass is 16.5. The molecule has 2 fully saturated rings. The molecule has 1 saturated heterocycles. The maximum atomic E-state index is 5.86. The van der Waals surface area contributed by atoms with Gasteiger partial charge in [0.2, 0.25) is 11.7 Å². The second kappa shape index (κ2) is 4.93. The van der Waals surface area contributed by atoms with Gasteiger partial charge >= 0.3 is 0 Å². The van der Waals surface area contributed by atoms with E-state index in [9.17, 15) is 0 Å². The summed E-state index contributed by atoms with van der Waals surface area (Å²) in [5, 5.41) is 4.02. The van der Waals surface area contributed by atoms with Crippen molar-refractivity contribution in [3.63, 3.8) is 0 Å². The fourth-order valence-electron chi connectivity index (χ4n) is 4.33.